The number of carbonyl (C=O) groups excluding carboxylic acids is 1. The third-order valence-corrected chi connectivity index (χ3v) is 3.69. The van der Waals surface area contributed by atoms with E-state index in [1.807, 2.05) is 31.3 Å². The lowest BCUT2D eigenvalue weighted by atomic mass is 10.2. The number of nitrogens with zero attached hydrogens (tertiary/aromatic N) is 4. The minimum absolute atomic E-state index is 0.0136. The van der Waals surface area contributed by atoms with Crippen LogP contribution in [0.3, 0.4) is 0 Å². The molecule has 1 N–H and O–H groups in total. The van der Waals surface area contributed by atoms with E-state index >= 15 is 0 Å². The number of fused-ring (bicyclic) bond motifs is 1. The van der Waals surface area contributed by atoms with Crippen LogP contribution in [0.1, 0.15) is 17.5 Å². The van der Waals surface area contributed by atoms with Gasteiger partial charge in [-0.05, 0) is 30.2 Å². The van der Waals surface area contributed by atoms with Gasteiger partial charge in [0.05, 0.1) is 17.9 Å². The lowest BCUT2D eigenvalue weighted by molar-refractivity contribution is -0.121. The summed E-state index contributed by atoms with van der Waals surface area (Å²) in [6.07, 6.45) is 4.13. The molecule has 0 fully saturated rings. The highest BCUT2D eigenvalue weighted by molar-refractivity contribution is 7.00. The summed E-state index contributed by atoms with van der Waals surface area (Å²) < 4.78 is 10.1. The number of aryl methyl sites for hydroxylation is 2. The summed E-state index contributed by atoms with van der Waals surface area (Å²) >= 11 is 1.20. The summed E-state index contributed by atoms with van der Waals surface area (Å²) in [5.74, 6) is 0.0136. The number of rotatable bonds is 5. The van der Waals surface area contributed by atoms with E-state index in [1.54, 1.807) is 10.9 Å². The normalized spacial score (nSPS) is 10.9. The molecule has 108 valence electrons. The van der Waals surface area contributed by atoms with E-state index in [0.717, 1.165) is 22.2 Å². The fourth-order valence-electron chi connectivity index (χ4n) is 2.03. The Morgan fingerprint density at radius 1 is 1.33 bits per heavy atom. The highest BCUT2D eigenvalue weighted by Gasteiger charge is 2.04. The predicted octanol–water partition coefficient (Wildman–Crippen LogP) is 1.90. The van der Waals surface area contributed by atoms with E-state index in [1.165, 1.54) is 11.7 Å². The minimum Gasteiger partial charge on any atom is -0.352 e. The van der Waals surface area contributed by atoms with Crippen LogP contribution in [-0.4, -0.2) is 24.4 Å². The van der Waals surface area contributed by atoms with Gasteiger partial charge < -0.3 is 5.32 Å². The second-order valence-electron chi connectivity index (χ2n) is 4.89. The molecule has 0 aliphatic carbocycles. The Kier molecular flexibility index (Phi) is 3.92. The van der Waals surface area contributed by atoms with Crippen molar-refractivity contribution in [3.63, 3.8) is 0 Å². The largest absolute Gasteiger partial charge is 0.352 e. The van der Waals surface area contributed by atoms with Crippen LogP contribution < -0.4 is 5.32 Å². The third-order valence-electron chi connectivity index (χ3n) is 3.14. The second kappa shape index (κ2) is 6.01. The van der Waals surface area contributed by atoms with Crippen LogP contribution in [0.15, 0.2) is 30.6 Å². The predicted molar refractivity (Wildman–Crippen MR) is 80.8 cm³/mol. The SMILES string of the molecule is Cc1cnn(CCC(=O)NCc2ccc3nsnc3c2)c1. The van der Waals surface area contributed by atoms with Crippen molar-refractivity contribution in [3.8, 4) is 0 Å². The molecular weight excluding hydrogens is 286 g/mol. The van der Waals surface area contributed by atoms with E-state index in [-0.39, 0.29) is 5.91 Å². The Hall–Kier alpha value is -2.28. The zero-order valence-electron chi connectivity index (χ0n) is 11.6. The Morgan fingerprint density at radius 2 is 2.19 bits per heavy atom. The van der Waals surface area contributed by atoms with E-state index < -0.39 is 0 Å². The van der Waals surface area contributed by atoms with Gasteiger partial charge in [-0.25, -0.2) is 0 Å². The maximum absolute atomic E-state index is 11.8. The van der Waals surface area contributed by atoms with Crippen molar-refractivity contribution in [1.82, 2.24) is 23.8 Å². The molecule has 2 aromatic heterocycles. The molecule has 0 saturated carbocycles. The van der Waals surface area contributed by atoms with Crippen LogP contribution >= 0.6 is 11.7 Å². The molecule has 0 bridgehead atoms. The Balaban J connectivity index is 1.50. The van der Waals surface area contributed by atoms with Crippen molar-refractivity contribution >= 4 is 28.7 Å². The molecular formula is C14H15N5OS. The lowest BCUT2D eigenvalue weighted by Crippen LogP contribution is -2.24. The number of benzene rings is 1. The van der Waals surface area contributed by atoms with Gasteiger partial charge in [0, 0.05) is 25.7 Å². The molecule has 3 rings (SSSR count). The Morgan fingerprint density at radius 3 is 3.00 bits per heavy atom. The summed E-state index contributed by atoms with van der Waals surface area (Å²) in [4.78, 5) is 11.8. The molecule has 0 saturated heterocycles. The topological polar surface area (TPSA) is 72.7 Å². The number of hydrogen-bond acceptors (Lipinski definition) is 5. The van der Waals surface area contributed by atoms with Crippen LogP contribution in [0, 0.1) is 6.92 Å². The van der Waals surface area contributed by atoms with Gasteiger partial charge in [-0.2, -0.15) is 13.8 Å². The monoisotopic (exact) mass is 301 g/mol. The van der Waals surface area contributed by atoms with Gasteiger partial charge in [0.2, 0.25) is 5.91 Å². The zero-order chi connectivity index (χ0) is 14.7. The average Bonchev–Trinajstić information content (AvgIpc) is 3.10. The van der Waals surface area contributed by atoms with Crippen molar-refractivity contribution in [1.29, 1.82) is 0 Å². The Bertz CT molecular complexity index is 763. The van der Waals surface area contributed by atoms with E-state index in [2.05, 4.69) is 19.2 Å². The van der Waals surface area contributed by atoms with Gasteiger partial charge in [-0.3, -0.25) is 9.48 Å². The molecule has 0 unspecified atom stereocenters. The maximum atomic E-state index is 11.8. The molecule has 0 spiro atoms. The van der Waals surface area contributed by atoms with Crippen molar-refractivity contribution in [3.05, 3.63) is 41.7 Å². The molecule has 1 aromatic carbocycles. The number of aromatic nitrogens is 4. The molecule has 1 amide bonds. The zero-order valence-corrected chi connectivity index (χ0v) is 12.4. The number of nitrogens with one attached hydrogen (secondary N) is 1. The second-order valence-corrected chi connectivity index (χ2v) is 5.42. The molecule has 0 aliphatic heterocycles. The van der Waals surface area contributed by atoms with Crippen molar-refractivity contribution in [2.24, 2.45) is 0 Å². The average molecular weight is 301 g/mol. The molecule has 0 aliphatic rings. The van der Waals surface area contributed by atoms with Crippen LogP contribution in [0.4, 0.5) is 0 Å². The standard InChI is InChI=1S/C14H15N5OS/c1-10-7-16-19(9-10)5-4-14(20)15-8-11-2-3-12-13(6-11)18-21-17-12/h2-3,6-7,9H,4-5,8H2,1H3,(H,15,20). The van der Waals surface area contributed by atoms with E-state index in [4.69, 9.17) is 0 Å². The first kappa shape index (κ1) is 13.7. The van der Waals surface area contributed by atoms with Crippen LogP contribution in [0.25, 0.3) is 11.0 Å². The first-order chi connectivity index (χ1) is 10.2. The lowest BCUT2D eigenvalue weighted by Gasteiger charge is -2.05. The number of amides is 1. The molecule has 6 nitrogen and oxygen atoms in total. The quantitative estimate of drug-likeness (QED) is 0.781. The Labute approximate surface area is 126 Å². The van der Waals surface area contributed by atoms with Gasteiger partial charge in [0.25, 0.3) is 0 Å². The maximum Gasteiger partial charge on any atom is 0.222 e. The molecule has 0 atom stereocenters. The molecule has 21 heavy (non-hydrogen) atoms. The highest BCUT2D eigenvalue weighted by Crippen LogP contribution is 2.13. The third kappa shape index (κ3) is 3.43. The summed E-state index contributed by atoms with van der Waals surface area (Å²) in [6.45, 7) is 3.08. The summed E-state index contributed by atoms with van der Waals surface area (Å²) in [5.41, 5.74) is 3.89. The highest BCUT2D eigenvalue weighted by atomic mass is 32.1. The number of hydrogen-bond donors (Lipinski definition) is 1. The first-order valence-corrected chi connectivity index (χ1v) is 7.41. The minimum atomic E-state index is 0.0136. The van der Waals surface area contributed by atoms with Crippen LogP contribution in [0.5, 0.6) is 0 Å². The fourth-order valence-corrected chi connectivity index (χ4v) is 2.55. The van der Waals surface area contributed by atoms with Gasteiger partial charge in [-0.1, -0.05) is 6.07 Å². The van der Waals surface area contributed by atoms with Crippen molar-refractivity contribution in [2.75, 3.05) is 0 Å². The van der Waals surface area contributed by atoms with Crippen molar-refractivity contribution < 1.29 is 4.79 Å². The van der Waals surface area contributed by atoms with Crippen LogP contribution in [-0.2, 0) is 17.9 Å². The van der Waals surface area contributed by atoms with Crippen molar-refractivity contribution in [2.45, 2.75) is 26.4 Å². The summed E-state index contributed by atoms with van der Waals surface area (Å²) in [7, 11) is 0. The van der Waals surface area contributed by atoms with Gasteiger partial charge in [0.1, 0.15) is 11.0 Å². The molecule has 0 radical (unpaired) electrons. The summed E-state index contributed by atoms with van der Waals surface area (Å²) in [5, 5.41) is 7.06. The van der Waals surface area contributed by atoms with E-state index in [9.17, 15) is 4.79 Å². The summed E-state index contributed by atoms with van der Waals surface area (Å²) in [6, 6.07) is 5.84. The molecule has 3 aromatic rings. The first-order valence-electron chi connectivity index (χ1n) is 6.68. The van der Waals surface area contributed by atoms with Gasteiger partial charge in [0.15, 0.2) is 0 Å². The fraction of sp³-hybridized carbons (Fsp3) is 0.286. The molecule has 7 heteroatoms. The van der Waals surface area contributed by atoms with E-state index in [0.29, 0.717) is 19.5 Å². The number of carbonyl (C=O) groups is 1. The van der Waals surface area contributed by atoms with Gasteiger partial charge >= 0.3 is 0 Å². The van der Waals surface area contributed by atoms with Crippen LogP contribution in [0.2, 0.25) is 0 Å². The molecule has 2 heterocycles. The smallest absolute Gasteiger partial charge is 0.222 e. The van der Waals surface area contributed by atoms with Gasteiger partial charge in [-0.15, -0.1) is 0 Å².